The first-order chi connectivity index (χ1) is 9.19. The average molecular weight is 279 g/mol. The number of hydrogen-bond acceptors (Lipinski definition) is 4. The second-order valence-corrected chi connectivity index (χ2v) is 4.16. The van der Waals surface area contributed by atoms with Crippen LogP contribution in [0.25, 0.3) is 22.3 Å². The number of aromatic nitrogens is 4. The van der Waals surface area contributed by atoms with Crippen LogP contribution in [0.15, 0.2) is 24.4 Å². The minimum absolute atomic E-state index is 0.0538. The van der Waals surface area contributed by atoms with Gasteiger partial charge in [0.15, 0.2) is 5.65 Å². The van der Waals surface area contributed by atoms with Crippen molar-refractivity contribution in [2.24, 2.45) is 0 Å². The van der Waals surface area contributed by atoms with E-state index in [9.17, 15) is 4.39 Å². The number of rotatable bonds is 2. The molecule has 5 nitrogen and oxygen atoms in total. The maximum absolute atomic E-state index is 13.4. The molecule has 0 saturated heterocycles. The van der Waals surface area contributed by atoms with Crippen LogP contribution in [0.5, 0.6) is 5.75 Å². The van der Waals surface area contributed by atoms with Gasteiger partial charge in [0.25, 0.3) is 0 Å². The summed E-state index contributed by atoms with van der Waals surface area (Å²) in [4.78, 5) is 8.14. The van der Waals surface area contributed by atoms with Crippen LogP contribution < -0.4 is 4.74 Å². The van der Waals surface area contributed by atoms with Gasteiger partial charge < -0.3 is 4.74 Å². The Labute approximate surface area is 112 Å². The Morgan fingerprint density at radius 1 is 1.32 bits per heavy atom. The predicted molar refractivity (Wildman–Crippen MR) is 68.6 cm³/mol. The van der Waals surface area contributed by atoms with Gasteiger partial charge in [0.05, 0.1) is 24.4 Å². The van der Waals surface area contributed by atoms with E-state index in [1.807, 2.05) is 0 Å². The Morgan fingerprint density at radius 3 is 2.95 bits per heavy atom. The molecule has 0 radical (unpaired) electrons. The van der Waals surface area contributed by atoms with E-state index in [2.05, 4.69) is 20.2 Å². The summed E-state index contributed by atoms with van der Waals surface area (Å²) >= 11 is 5.86. The highest BCUT2D eigenvalue weighted by atomic mass is 35.5. The van der Waals surface area contributed by atoms with Gasteiger partial charge >= 0.3 is 0 Å². The van der Waals surface area contributed by atoms with Gasteiger partial charge in [-0.3, -0.25) is 5.10 Å². The first kappa shape index (κ1) is 11.9. The number of H-pyrrole nitrogens is 1. The third-order valence-corrected chi connectivity index (χ3v) is 2.87. The van der Waals surface area contributed by atoms with Gasteiger partial charge in [0, 0.05) is 5.56 Å². The van der Waals surface area contributed by atoms with Crippen molar-refractivity contribution in [2.45, 2.75) is 0 Å². The fourth-order valence-corrected chi connectivity index (χ4v) is 2.05. The number of halogens is 2. The van der Waals surface area contributed by atoms with Crippen LogP contribution in [0.2, 0.25) is 5.28 Å². The summed E-state index contributed by atoms with van der Waals surface area (Å²) in [7, 11) is 1.51. The molecular formula is C12H8ClFN4O. The molecular weight excluding hydrogens is 271 g/mol. The van der Waals surface area contributed by atoms with E-state index < -0.39 is 0 Å². The molecule has 0 bridgehead atoms. The molecule has 2 aromatic heterocycles. The molecule has 3 rings (SSSR count). The molecule has 0 spiro atoms. The van der Waals surface area contributed by atoms with Crippen LogP contribution in [-0.4, -0.2) is 27.3 Å². The smallest absolute Gasteiger partial charge is 0.224 e. The Balaban J connectivity index is 2.35. The molecule has 1 aromatic carbocycles. The standard InChI is InChI=1S/C12H8ClFN4O/c1-19-9-3-2-6(14)4-7(9)10-8-5-15-18-11(8)17-12(13)16-10/h2-5H,1H3,(H,15,16,17,18). The highest BCUT2D eigenvalue weighted by molar-refractivity contribution is 6.28. The maximum atomic E-state index is 13.4. The molecule has 0 aliphatic rings. The summed E-state index contributed by atoms with van der Waals surface area (Å²) in [6, 6.07) is 4.19. The highest BCUT2D eigenvalue weighted by Crippen LogP contribution is 2.33. The lowest BCUT2D eigenvalue weighted by atomic mass is 10.1. The van der Waals surface area contributed by atoms with Crippen LogP contribution in [0.4, 0.5) is 4.39 Å². The summed E-state index contributed by atoms with van der Waals surface area (Å²) in [5.41, 5.74) is 1.46. The molecule has 19 heavy (non-hydrogen) atoms. The minimum Gasteiger partial charge on any atom is -0.496 e. The van der Waals surface area contributed by atoms with Crippen molar-refractivity contribution in [2.75, 3.05) is 7.11 Å². The first-order valence-corrected chi connectivity index (χ1v) is 5.77. The Kier molecular flexibility index (Phi) is 2.79. The van der Waals surface area contributed by atoms with E-state index in [0.29, 0.717) is 28.0 Å². The number of fused-ring (bicyclic) bond motifs is 1. The van der Waals surface area contributed by atoms with E-state index >= 15 is 0 Å². The van der Waals surface area contributed by atoms with Crippen LogP contribution in [-0.2, 0) is 0 Å². The number of hydrogen-bond donors (Lipinski definition) is 1. The normalized spacial score (nSPS) is 10.9. The first-order valence-electron chi connectivity index (χ1n) is 5.39. The molecule has 0 fully saturated rings. The SMILES string of the molecule is COc1ccc(F)cc1-c1nc(Cl)nc2[nH]ncc12. The fraction of sp³-hybridized carbons (Fsp3) is 0.0833. The summed E-state index contributed by atoms with van der Waals surface area (Å²) in [6.07, 6.45) is 1.56. The number of nitrogens with zero attached hydrogens (tertiary/aromatic N) is 3. The third-order valence-electron chi connectivity index (χ3n) is 2.70. The van der Waals surface area contributed by atoms with Gasteiger partial charge in [-0.05, 0) is 29.8 Å². The predicted octanol–water partition coefficient (Wildman–Crippen LogP) is 2.82. The van der Waals surface area contributed by atoms with Crippen molar-refractivity contribution in [3.8, 4) is 17.0 Å². The molecule has 0 aliphatic carbocycles. The number of ether oxygens (including phenoxy) is 1. The summed E-state index contributed by atoms with van der Waals surface area (Å²) in [5.74, 6) is 0.112. The lowest BCUT2D eigenvalue weighted by Gasteiger charge is -2.08. The van der Waals surface area contributed by atoms with Crippen molar-refractivity contribution in [3.63, 3.8) is 0 Å². The van der Waals surface area contributed by atoms with Crippen molar-refractivity contribution in [3.05, 3.63) is 35.5 Å². The molecule has 1 N–H and O–H groups in total. The maximum Gasteiger partial charge on any atom is 0.224 e. The largest absolute Gasteiger partial charge is 0.496 e. The zero-order valence-corrected chi connectivity index (χ0v) is 10.6. The average Bonchev–Trinajstić information content (AvgIpc) is 2.85. The molecule has 0 saturated carbocycles. The molecule has 0 amide bonds. The zero-order valence-electron chi connectivity index (χ0n) is 9.82. The zero-order chi connectivity index (χ0) is 13.4. The molecule has 0 unspecified atom stereocenters. The van der Waals surface area contributed by atoms with Crippen LogP contribution >= 0.6 is 11.6 Å². The Morgan fingerprint density at radius 2 is 2.16 bits per heavy atom. The van der Waals surface area contributed by atoms with Crippen molar-refractivity contribution >= 4 is 22.6 Å². The second-order valence-electron chi connectivity index (χ2n) is 3.82. The lowest BCUT2D eigenvalue weighted by molar-refractivity contribution is 0.415. The van der Waals surface area contributed by atoms with Gasteiger partial charge in [-0.15, -0.1) is 0 Å². The second kappa shape index (κ2) is 4.47. The summed E-state index contributed by atoms with van der Waals surface area (Å²) in [5, 5.41) is 7.29. The minimum atomic E-state index is -0.387. The van der Waals surface area contributed by atoms with Crippen molar-refractivity contribution in [1.29, 1.82) is 0 Å². The fourth-order valence-electron chi connectivity index (χ4n) is 1.88. The quantitative estimate of drug-likeness (QED) is 0.732. The van der Waals surface area contributed by atoms with Gasteiger partial charge in [-0.2, -0.15) is 10.1 Å². The lowest BCUT2D eigenvalue weighted by Crippen LogP contribution is -1.94. The van der Waals surface area contributed by atoms with Gasteiger partial charge in [0.2, 0.25) is 5.28 Å². The molecule has 3 aromatic rings. The van der Waals surface area contributed by atoms with Gasteiger partial charge in [-0.1, -0.05) is 0 Å². The highest BCUT2D eigenvalue weighted by Gasteiger charge is 2.15. The van der Waals surface area contributed by atoms with Crippen LogP contribution in [0, 0.1) is 5.82 Å². The van der Waals surface area contributed by atoms with E-state index in [4.69, 9.17) is 16.3 Å². The van der Waals surface area contributed by atoms with Crippen LogP contribution in [0.1, 0.15) is 0 Å². The summed E-state index contributed by atoms with van der Waals surface area (Å²) < 4.78 is 18.7. The molecule has 96 valence electrons. The van der Waals surface area contributed by atoms with Crippen molar-refractivity contribution in [1.82, 2.24) is 20.2 Å². The Hall–Kier alpha value is -2.21. The monoisotopic (exact) mass is 278 g/mol. The van der Waals surface area contributed by atoms with Crippen LogP contribution in [0.3, 0.4) is 0 Å². The third kappa shape index (κ3) is 2.00. The number of nitrogens with one attached hydrogen (secondary N) is 1. The van der Waals surface area contributed by atoms with E-state index in [0.717, 1.165) is 0 Å². The van der Waals surface area contributed by atoms with E-state index in [-0.39, 0.29) is 11.1 Å². The number of aromatic amines is 1. The Bertz CT molecular complexity index is 759. The van der Waals surface area contributed by atoms with E-state index in [1.165, 1.54) is 25.3 Å². The number of benzene rings is 1. The molecule has 2 heterocycles. The number of methoxy groups -OCH3 is 1. The molecule has 7 heteroatoms. The van der Waals surface area contributed by atoms with Crippen molar-refractivity contribution < 1.29 is 9.13 Å². The molecule has 0 atom stereocenters. The van der Waals surface area contributed by atoms with Gasteiger partial charge in [-0.25, -0.2) is 9.37 Å². The summed E-state index contributed by atoms with van der Waals surface area (Å²) in [6.45, 7) is 0. The van der Waals surface area contributed by atoms with E-state index in [1.54, 1.807) is 6.20 Å². The van der Waals surface area contributed by atoms with Gasteiger partial charge in [0.1, 0.15) is 11.6 Å². The topological polar surface area (TPSA) is 63.7 Å². The molecule has 0 aliphatic heterocycles.